The molecule has 8 nitrogen and oxygen atoms in total. The number of fused-ring (bicyclic) bond motifs is 1. The SMILES string of the molecule is O=C(NCCCN1C(=O)c2ccc(Br)cc2C1=O)Nc1ccc(C(=O)O)cc1. The molecule has 1 heterocycles. The molecule has 0 spiro atoms. The maximum absolute atomic E-state index is 12.3. The predicted octanol–water partition coefficient (Wildman–Crippen LogP) is 2.96. The maximum atomic E-state index is 12.3. The Balaban J connectivity index is 1.46. The third-order valence-electron chi connectivity index (χ3n) is 4.17. The summed E-state index contributed by atoms with van der Waals surface area (Å²) in [6.07, 6.45) is 0.401. The molecule has 3 N–H and O–H groups in total. The lowest BCUT2D eigenvalue weighted by molar-refractivity contribution is 0.0649. The van der Waals surface area contributed by atoms with E-state index in [0.29, 0.717) is 23.2 Å². The van der Waals surface area contributed by atoms with Crippen molar-refractivity contribution in [2.75, 3.05) is 18.4 Å². The van der Waals surface area contributed by atoms with E-state index in [1.54, 1.807) is 18.2 Å². The van der Waals surface area contributed by atoms with Gasteiger partial charge in [0.25, 0.3) is 11.8 Å². The second-order valence-electron chi connectivity index (χ2n) is 6.07. The lowest BCUT2D eigenvalue weighted by Crippen LogP contribution is -2.35. The number of hydrogen-bond donors (Lipinski definition) is 3. The number of carboxylic acid groups (broad SMARTS) is 1. The van der Waals surface area contributed by atoms with Gasteiger partial charge in [0.1, 0.15) is 0 Å². The fourth-order valence-electron chi connectivity index (χ4n) is 2.78. The number of nitrogens with zero attached hydrogens (tertiary/aromatic N) is 1. The monoisotopic (exact) mass is 445 g/mol. The van der Waals surface area contributed by atoms with Crippen LogP contribution in [0.25, 0.3) is 0 Å². The van der Waals surface area contributed by atoms with Crippen LogP contribution in [0.5, 0.6) is 0 Å². The zero-order valence-electron chi connectivity index (χ0n) is 14.6. The van der Waals surface area contributed by atoms with Gasteiger partial charge in [-0.1, -0.05) is 15.9 Å². The molecule has 0 atom stereocenters. The van der Waals surface area contributed by atoms with Crippen LogP contribution in [0.1, 0.15) is 37.5 Å². The molecule has 2 aromatic carbocycles. The minimum absolute atomic E-state index is 0.124. The summed E-state index contributed by atoms with van der Waals surface area (Å²) >= 11 is 3.28. The lowest BCUT2D eigenvalue weighted by Gasteiger charge is -2.14. The van der Waals surface area contributed by atoms with Crippen LogP contribution in [-0.4, -0.2) is 46.9 Å². The zero-order valence-corrected chi connectivity index (χ0v) is 16.2. The summed E-state index contributed by atoms with van der Waals surface area (Å²) in [5, 5.41) is 14.1. The zero-order chi connectivity index (χ0) is 20.3. The summed E-state index contributed by atoms with van der Waals surface area (Å²) in [5.41, 5.74) is 1.32. The van der Waals surface area contributed by atoms with Crippen molar-refractivity contribution in [3.8, 4) is 0 Å². The Morgan fingerprint density at radius 2 is 1.68 bits per heavy atom. The van der Waals surface area contributed by atoms with Gasteiger partial charge in [0.2, 0.25) is 0 Å². The Bertz CT molecular complexity index is 959. The normalized spacial score (nSPS) is 12.7. The van der Waals surface area contributed by atoms with E-state index in [1.807, 2.05) is 0 Å². The third-order valence-corrected chi connectivity index (χ3v) is 4.66. The molecule has 0 saturated carbocycles. The highest BCUT2D eigenvalue weighted by molar-refractivity contribution is 9.10. The summed E-state index contributed by atoms with van der Waals surface area (Å²) in [4.78, 5) is 48.5. The number of carbonyl (C=O) groups excluding carboxylic acids is 3. The van der Waals surface area contributed by atoms with Crippen molar-refractivity contribution in [1.29, 1.82) is 0 Å². The Labute approximate surface area is 168 Å². The van der Waals surface area contributed by atoms with Crippen LogP contribution in [0.3, 0.4) is 0 Å². The number of carbonyl (C=O) groups is 4. The number of aromatic carboxylic acids is 1. The minimum atomic E-state index is -1.04. The van der Waals surface area contributed by atoms with E-state index in [1.165, 1.54) is 29.2 Å². The van der Waals surface area contributed by atoms with Crippen LogP contribution in [0.4, 0.5) is 10.5 Å². The van der Waals surface area contributed by atoms with E-state index in [2.05, 4.69) is 26.6 Å². The number of hydrogen-bond acceptors (Lipinski definition) is 4. The minimum Gasteiger partial charge on any atom is -0.478 e. The topological polar surface area (TPSA) is 116 Å². The van der Waals surface area contributed by atoms with Gasteiger partial charge in [0.05, 0.1) is 16.7 Å². The first-order valence-electron chi connectivity index (χ1n) is 8.41. The van der Waals surface area contributed by atoms with E-state index < -0.39 is 12.0 Å². The number of rotatable bonds is 6. The molecule has 144 valence electrons. The molecule has 28 heavy (non-hydrogen) atoms. The molecule has 0 fully saturated rings. The van der Waals surface area contributed by atoms with Gasteiger partial charge in [0.15, 0.2) is 0 Å². The van der Waals surface area contributed by atoms with Crippen molar-refractivity contribution < 1.29 is 24.3 Å². The molecule has 1 aliphatic rings. The molecule has 0 radical (unpaired) electrons. The van der Waals surface area contributed by atoms with Gasteiger partial charge in [-0.25, -0.2) is 9.59 Å². The molecule has 0 saturated heterocycles. The van der Waals surface area contributed by atoms with E-state index in [4.69, 9.17) is 5.11 Å². The molecule has 1 aliphatic heterocycles. The molecule has 2 aromatic rings. The lowest BCUT2D eigenvalue weighted by atomic mass is 10.1. The standard InChI is InChI=1S/C19H16BrN3O5/c20-12-4-7-14-15(10-12)17(25)23(16(14)24)9-1-8-21-19(28)22-13-5-2-11(3-6-13)18(26)27/h2-7,10H,1,8-9H2,(H,26,27)(H2,21,22,28). The first-order chi connectivity index (χ1) is 13.4. The van der Waals surface area contributed by atoms with E-state index in [0.717, 1.165) is 4.47 Å². The molecule has 0 unspecified atom stereocenters. The largest absolute Gasteiger partial charge is 0.478 e. The van der Waals surface area contributed by atoms with E-state index in [9.17, 15) is 19.2 Å². The number of benzene rings is 2. The first kappa shape index (κ1) is 19.6. The summed E-state index contributed by atoms with van der Waals surface area (Å²) in [6.45, 7) is 0.452. The fraction of sp³-hybridized carbons (Fsp3) is 0.158. The molecule has 0 bridgehead atoms. The average Bonchev–Trinajstić information content (AvgIpc) is 2.89. The molecule has 0 aromatic heterocycles. The summed E-state index contributed by atoms with van der Waals surface area (Å²) in [6, 6.07) is 10.2. The van der Waals surface area contributed by atoms with Crippen molar-refractivity contribution in [2.24, 2.45) is 0 Å². The van der Waals surface area contributed by atoms with Crippen molar-refractivity contribution in [2.45, 2.75) is 6.42 Å². The number of imide groups is 1. The first-order valence-corrected chi connectivity index (χ1v) is 9.20. The smallest absolute Gasteiger partial charge is 0.335 e. The fourth-order valence-corrected chi connectivity index (χ4v) is 3.14. The highest BCUT2D eigenvalue weighted by Crippen LogP contribution is 2.26. The predicted molar refractivity (Wildman–Crippen MR) is 105 cm³/mol. The van der Waals surface area contributed by atoms with Crippen LogP contribution in [0, 0.1) is 0 Å². The summed E-state index contributed by atoms with van der Waals surface area (Å²) < 4.78 is 0.726. The van der Waals surface area contributed by atoms with E-state index >= 15 is 0 Å². The van der Waals surface area contributed by atoms with Crippen molar-refractivity contribution in [3.05, 3.63) is 63.6 Å². The Kier molecular flexibility index (Phi) is 5.74. The number of carboxylic acids is 1. The van der Waals surface area contributed by atoms with Crippen LogP contribution < -0.4 is 10.6 Å². The Morgan fingerprint density at radius 3 is 2.36 bits per heavy atom. The van der Waals surface area contributed by atoms with Gasteiger partial charge in [-0.15, -0.1) is 0 Å². The molecule has 0 aliphatic carbocycles. The van der Waals surface area contributed by atoms with Gasteiger partial charge >= 0.3 is 12.0 Å². The van der Waals surface area contributed by atoms with Crippen LogP contribution >= 0.6 is 15.9 Å². The number of halogens is 1. The van der Waals surface area contributed by atoms with Crippen molar-refractivity contribution in [3.63, 3.8) is 0 Å². The van der Waals surface area contributed by atoms with E-state index in [-0.39, 0.29) is 30.5 Å². The van der Waals surface area contributed by atoms with Crippen LogP contribution in [0.2, 0.25) is 0 Å². The Morgan fingerprint density at radius 1 is 1.00 bits per heavy atom. The van der Waals surface area contributed by atoms with Gasteiger partial charge in [-0.05, 0) is 48.9 Å². The third kappa shape index (κ3) is 4.20. The number of nitrogens with one attached hydrogen (secondary N) is 2. The molecule has 9 heteroatoms. The van der Waals surface area contributed by atoms with Crippen LogP contribution in [-0.2, 0) is 0 Å². The summed E-state index contributed by atoms with van der Waals surface area (Å²) in [5.74, 6) is -1.73. The Hall–Kier alpha value is -3.20. The van der Waals surface area contributed by atoms with Gasteiger partial charge < -0.3 is 15.7 Å². The number of amides is 4. The highest BCUT2D eigenvalue weighted by atomic mass is 79.9. The molecular weight excluding hydrogens is 430 g/mol. The number of urea groups is 1. The molecule has 3 rings (SSSR count). The van der Waals surface area contributed by atoms with Crippen LogP contribution in [0.15, 0.2) is 46.9 Å². The average molecular weight is 446 g/mol. The maximum Gasteiger partial charge on any atom is 0.335 e. The van der Waals surface area contributed by atoms with Gasteiger partial charge in [-0.2, -0.15) is 0 Å². The van der Waals surface area contributed by atoms with Crippen molar-refractivity contribution >= 4 is 45.4 Å². The second-order valence-corrected chi connectivity index (χ2v) is 6.98. The van der Waals surface area contributed by atoms with Gasteiger partial charge in [-0.3, -0.25) is 14.5 Å². The van der Waals surface area contributed by atoms with Crippen molar-refractivity contribution in [1.82, 2.24) is 10.2 Å². The quantitative estimate of drug-likeness (QED) is 0.466. The summed E-state index contributed by atoms with van der Waals surface area (Å²) in [7, 11) is 0. The molecule has 4 amide bonds. The highest BCUT2D eigenvalue weighted by Gasteiger charge is 2.34. The molecular formula is C19H16BrN3O5. The second kappa shape index (κ2) is 8.22. The van der Waals surface area contributed by atoms with Gasteiger partial charge in [0, 0.05) is 23.2 Å². The number of anilines is 1.